The van der Waals surface area contributed by atoms with Gasteiger partial charge in [-0.3, -0.25) is 11.3 Å². The quantitative estimate of drug-likeness (QED) is 0.643. The van der Waals surface area contributed by atoms with E-state index in [1.54, 1.807) is 6.07 Å². The fourth-order valence-corrected chi connectivity index (χ4v) is 3.84. The summed E-state index contributed by atoms with van der Waals surface area (Å²) in [5, 5.41) is 0.498. The monoisotopic (exact) mass is 254 g/mol. The van der Waals surface area contributed by atoms with Gasteiger partial charge in [0.05, 0.1) is 6.04 Å². The van der Waals surface area contributed by atoms with Crippen LogP contribution in [0.5, 0.6) is 0 Å². The molecule has 4 heteroatoms. The van der Waals surface area contributed by atoms with Crippen molar-refractivity contribution in [3.63, 3.8) is 0 Å². The molecule has 1 saturated heterocycles. The molecule has 0 amide bonds. The van der Waals surface area contributed by atoms with Crippen molar-refractivity contribution in [3.8, 4) is 0 Å². The third-order valence-electron chi connectivity index (χ3n) is 3.33. The second kappa shape index (κ2) is 5.85. The van der Waals surface area contributed by atoms with Gasteiger partial charge in [0.1, 0.15) is 5.82 Å². The average Bonchev–Trinajstić information content (AvgIpc) is 2.34. The van der Waals surface area contributed by atoms with Crippen molar-refractivity contribution in [1.82, 2.24) is 5.43 Å². The zero-order valence-electron chi connectivity index (χ0n) is 10.1. The highest BCUT2D eigenvalue weighted by molar-refractivity contribution is 8.00. The van der Waals surface area contributed by atoms with Gasteiger partial charge in [0, 0.05) is 5.25 Å². The van der Waals surface area contributed by atoms with Crippen LogP contribution in [-0.4, -0.2) is 11.0 Å². The van der Waals surface area contributed by atoms with E-state index in [1.807, 2.05) is 24.8 Å². The summed E-state index contributed by atoms with van der Waals surface area (Å²) in [7, 11) is 0. The summed E-state index contributed by atoms with van der Waals surface area (Å²) in [6.45, 7) is 1.94. The second-order valence-electron chi connectivity index (χ2n) is 4.55. The topological polar surface area (TPSA) is 38.0 Å². The normalized spacial score (nSPS) is 22.4. The molecule has 3 N–H and O–H groups in total. The summed E-state index contributed by atoms with van der Waals surface area (Å²) in [6.07, 6.45) is 3.73. The number of nitrogens with two attached hydrogens (primary N) is 1. The molecule has 2 atom stereocenters. The highest BCUT2D eigenvalue weighted by Crippen LogP contribution is 2.35. The number of hydrogen-bond donors (Lipinski definition) is 2. The molecule has 0 aliphatic carbocycles. The molecule has 0 spiro atoms. The van der Waals surface area contributed by atoms with Gasteiger partial charge in [0.25, 0.3) is 0 Å². The standard InChI is InChI=1S/C13H19FN2S/c1-9-8-10(14)5-6-11(9)13(16-15)12-4-2-3-7-17-12/h5-6,8,12-13,16H,2-4,7,15H2,1H3. The average molecular weight is 254 g/mol. The Labute approximate surface area is 106 Å². The van der Waals surface area contributed by atoms with E-state index in [1.165, 1.54) is 31.1 Å². The minimum atomic E-state index is -0.182. The Morgan fingerprint density at radius 1 is 1.47 bits per heavy atom. The molecule has 1 aromatic rings. The first-order chi connectivity index (χ1) is 8.22. The summed E-state index contributed by atoms with van der Waals surface area (Å²) in [5.74, 6) is 6.70. The van der Waals surface area contributed by atoms with Crippen molar-refractivity contribution >= 4 is 11.8 Å². The molecule has 1 heterocycles. The first kappa shape index (κ1) is 12.9. The second-order valence-corrected chi connectivity index (χ2v) is 5.90. The predicted octanol–water partition coefficient (Wildman–Crippen LogP) is 2.92. The Balaban J connectivity index is 2.21. The lowest BCUT2D eigenvalue weighted by atomic mass is 9.96. The molecule has 17 heavy (non-hydrogen) atoms. The van der Waals surface area contributed by atoms with E-state index >= 15 is 0 Å². The molecule has 0 aromatic heterocycles. The van der Waals surface area contributed by atoms with Gasteiger partial charge in [-0.2, -0.15) is 11.8 Å². The molecule has 94 valence electrons. The number of nitrogens with one attached hydrogen (secondary N) is 1. The predicted molar refractivity (Wildman–Crippen MR) is 71.3 cm³/mol. The van der Waals surface area contributed by atoms with E-state index in [4.69, 9.17) is 5.84 Å². The minimum absolute atomic E-state index is 0.126. The molecule has 2 nitrogen and oxygen atoms in total. The molecular weight excluding hydrogens is 235 g/mol. The Bertz CT molecular complexity index is 378. The summed E-state index contributed by atoms with van der Waals surface area (Å²) in [6, 6.07) is 5.07. The maximum Gasteiger partial charge on any atom is 0.123 e. The fourth-order valence-electron chi connectivity index (χ4n) is 2.41. The molecule has 1 aliphatic heterocycles. The van der Waals surface area contributed by atoms with Gasteiger partial charge in [-0.15, -0.1) is 0 Å². The third kappa shape index (κ3) is 3.00. The van der Waals surface area contributed by atoms with Gasteiger partial charge in [-0.1, -0.05) is 12.5 Å². The number of hydrogen-bond acceptors (Lipinski definition) is 3. The molecule has 0 bridgehead atoms. The maximum absolute atomic E-state index is 13.1. The Kier molecular flexibility index (Phi) is 4.42. The van der Waals surface area contributed by atoms with Crippen molar-refractivity contribution in [3.05, 3.63) is 35.1 Å². The molecule has 1 fully saturated rings. The highest BCUT2D eigenvalue weighted by Gasteiger charge is 2.25. The fraction of sp³-hybridized carbons (Fsp3) is 0.538. The van der Waals surface area contributed by atoms with Crippen LogP contribution in [0.1, 0.15) is 36.4 Å². The smallest absolute Gasteiger partial charge is 0.123 e. The molecule has 1 aromatic carbocycles. The zero-order chi connectivity index (χ0) is 12.3. The summed E-state index contributed by atoms with van der Waals surface area (Å²) >= 11 is 1.97. The highest BCUT2D eigenvalue weighted by atomic mass is 32.2. The van der Waals surface area contributed by atoms with Gasteiger partial charge in [0.2, 0.25) is 0 Å². The van der Waals surface area contributed by atoms with Crippen LogP contribution in [0.3, 0.4) is 0 Å². The number of hydrazine groups is 1. The largest absolute Gasteiger partial charge is 0.271 e. The summed E-state index contributed by atoms with van der Waals surface area (Å²) < 4.78 is 13.1. The van der Waals surface area contributed by atoms with E-state index < -0.39 is 0 Å². The van der Waals surface area contributed by atoms with Gasteiger partial charge in [-0.25, -0.2) is 4.39 Å². The molecule has 1 aliphatic rings. The number of thioether (sulfide) groups is 1. The number of rotatable bonds is 3. The molecule has 2 rings (SSSR count). The van der Waals surface area contributed by atoms with Crippen molar-refractivity contribution < 1.29 is 4.39 Å². The molecular formula is C13H19FN2S. The van der Waals surface area contributed by atoms with Crippen molar-refractivity contribution in [2.75, 3.05) is 5.75 Å². The minimum Gasteiger partial charge on any atom is -0.271 e. The lowest BCUT2D eigenvalue weighted by molar-refractivity contribution is 0.489. The van der Waals surface area contributed by atoms with Crippen LogP contribution < -0.4 is 11.3 Å². The Morgan fingerprint density at radius 3 is 2.88 bits per heavy atom. The van der Waals surface area contributed by atoms with Crippen molar-refractivity contribution in [1.29, 1.82) is 0 Å². The van der Waals surface area contributed by atoms with Gasteiger partial charge in [0.15, 0.2) is 0 Å². The van der Waals surface area contributed by atoms with E-state index in [-0.39, 0.29) is 11.9 Å². The van der Waals surface area contributed by atoms with Crippen LogP contribution >= 0.6 is 11.8 Å². The lowest BCUT2D eigenvalue weighted by Gasteiger charge is -2.30. The summed E-state index contributed by atoms with van der Waals surface area (Å²) in [5.41, 5.74) is 5.00. The van der Waals surface area contributed by atoms with Crippen LogP contribution in [0.4, 0.5) is 4.39 Å². The number of benzene rings is 1. The van der Waals surface area contributed by atoms with Crippen molar-refractivity contribution in [2.45, 2.75) is 37.5 Å². The van der Waals surface area contributed by atoms with Crippen molar-refractivity contribution in [2.24, 2.45) is 5.84 Å². The molecule has 2 unspecified atom stereocenters. The summed E-state index contributed by atoms with van der Waals surface area (Å²) in [4.78, 5) is 0. The SMILES string of the molecule is Cc1cc(F)ccc1C(NN)C1CCCCS1. The van der Waals surface area contributed by atoms with Crippen LogP contribution in [0.2, 0.25) is 0 Å². The number of aryl methyl sites for hydroxylation is 1. The van der Waals surface area contributed by atoms with E-state index in [9.17, 15) is 4.39 Å². The van der Waals surface area contributed by atoms with Crippen LogP contribution in [0.15, 0.2) is 18.2 Å². The zero-order valence-corrected chi connectivity index (χ0v) is 10.9. The first-order valence-electron chi connectivity index (χ1n) is 6.06. The van der Waals surface area contributed by atoms with Gasteiger partial charge >= 0.3 is 0 Å². The van der Waals surface area contributed by atoms with Crippen LogP contribution in [0.25, 0.3) is 0 Å². The van der Waals surface area contributed by atoms with E-state index in [0.717, 1.165) is 11.1 Å². The van der Waals surface area contributed by atoms with E-state index in [2.05, 4.69) is 5.43 Å². The molecule has 0 saturated carbocycles. The molecule has 0 radical (unpaired) electrons. The maximum atomic E-state index is 13.1. The Hall–Kier alpha value is -0.580. The number of halogens is 1. The van der Waals surface area contributed by atoms with Gasteiger partial charge < -0.3 is 0 Å². The Morgan fingerprint density at radius 2 is 2.29 bits per heavy atom. The van der Waals surface area contributed by atoms with Crippen LogP contribution in [-0.2, 0) is 0 Å². The third-order valence-corrected chi connectivity index (χ3v) is 4.79. The van der Waals surface area contributed by atoms with Gasteiger partial charge in [-0.05, 0) is 48.8 Å². The first-order valence-corrected chi connectivity index (χ1v) is 7.11. The van der Waals surface area contributed by atoms with Crippen LogP contribution in [0, 0.1) is 12.7 Å². The van der Waals surface area contributed by atoms with E-state index in [0.29, 0.717) is 5.25 Å². The lowest BCUT2D eigenvalue weighted by Crippen LogP contribution is -2.36.